The number of urea groups is 1. The van der Waals surface area contributed by atoms with Gasteiger partial charge in [0.1, 0.15) is 0 Å². The van der Waals surface area contributed by atoms with Gasteiger partial charge in [-0.3, -0.25) is 9.69 Å². The highest BCUT2D eigenvalue weighted by Gasteiger charge is 2.35. The molecule has 0 aliphatic carbocycles. The molecule has 2 aromatic rings. The highest BCUT2D eigenvalue weighted by Crippen LogP contribution is 2.32. The van der Waals surface area contributed by atoms with E-state index in [4.69, 9.17) is 0 Å². The molecular formula is C21H23N3O2. The van der Waals surface area contributed by atoms with E-state index in [1.54, 1.807) is 4.90 Å². The molecule has 2 aliphatic rings. The Balaban J connectivity index is 1.46. The van der Waals surface area contributed by atoms with E-state index in [1.165, 1.54) is 5.56 Å². The number of nitrogens with one attached hydrogen (secondary N) is 1. The molecule has 0 bridgehead atoms. The van der Waals surface area contributed by atoms with Crippen molar-refractivity contribution >= 4 is 23.3 Å². The van der Waals surface area contributed by atoms with Crippen molar-refractivity contribution < 1.29 is 9.59 Å². The van der Waals surface area contributed by atoms with Crippen molar-refractivity contribution in [1.29, 1.82) is 0 Å². The summed E-state index contributed by atoms with van der Waals surface area (Å²) in [7, 11) is 0. The fourth-order valence-corrected chi connectivity index (χ4v) is 3.90. The Hall–Kier alpha value is -2.82. The number of hydrogen-bond donors (Lipinski definition) is 1. The van der Waals surface area contributed by atoms with E-state index in [0.717, 1.165) is 23.4 Å². The van der Waals surface area contributed by atoms with E-state index < -0.39 is 0 Å². The van der Waals surface area contributed by atoms with Crippen LogP contribution in [0.15, 0.2) is 48.5 Å². The highest BCUT2D eigenvalue weighted by molar-refractivity contribution is 5.99. The molecule has 0 saturated carbocycles. The van der Waals surface area contributed by atoms with Crippen molar-refractivity contribution in [3.63, 3.8) is 0 Å². The van der Waals surface area contributed by atoms with Crippen molar-refractivity contribution in [2.24, 2.45) is 0 Å². The Morgan fingerprint density at radius 3 is 2.58 bits per heavy atom. The van der Waals surface area contributed by atoms with Crippen molar-refractivity contribution in [2.45, 2.75) is 38.8 Å². The molecule has 26 heavy (non-hydrogen) atoms. The molecule has 2 atom stereocenters. The molecule has 3 amide bonds. The first-order valence-electron chi connectivity index (χ1n) is 9.07. The van der Waals surface area contributed by atoms with Crippen LogP contribution in [0.4, 0.5) is 16.2 Å². The van der Waals surface area contributed by atoms with Crippen LogP contribution in [0.3, 0.4) is 0 Å². The molecule has 2 aromatic carbocycles. The molecule has 2 heterocycles. The summed E-state index contributed by atoms with van der Waals surface area (Å²) < 4.78 is 0. The molecule has 5 nitrogen and oxygen atoms in total. The summed E-state index contributed by atoms with van der Waals surface area (Å²) in [4.78, 5) is 28.8. The third kappa shape index (κ3) is 2.94. The fourth-order valence-electron chi connectivity index (χ4n) is 3.90. The topological polar surface area (TPSA) is 52.7 Å². The second kappa shape index (κ2) is 6.48. The fraction of sp³-hybridized carbons (Fsp3) is 0.333. The Morgan fingerprint density at radius 1 is 1.08 bits per heavy atom. The maximum absolute atomic E-state index is 12.9. The number of carbonyl (C=O) groups is 2. The van der Waals surface area contributed by atoms with Crippen LogP contribution in [-0.4, -0.2) is 30.6 Å². The molecular weight excluding hydrogens is 326 g/mol. The molecule has 0 spiro atoms. The summed E-state index contributed by atoms with van der Waals surface area (Å²) in [5, 5.41) is 3.06. The SMILES string of the molecule is Cc1ccc(N2C[C@H](NC(=O)N3c4ccccc4C[C@H]3C)CC2=O)cc1. The predicted octanol–water partition coefficient (Wildman–Crippen LogP) is 3.26. The number of hydrogen-bond acceptors (Lipinski definition) is 2. The Bertz CT molecular complexity index is 847. The molecule has 0 radical (unpaired) electrons. The van der Waals surface area contributed by atoms with E-state index in [-0.39, 0.29) is 24.0 Å². The van der Waals surface area contributed by atoms with Gasteiger partial charge in [-0.05, 0) is 44.0 Å². The van der Waals surface area contributed by atoms with Gasteiger partial charge in [-0.2, -0.15) is 0 Å². The Morgan fingerprint density at radius 2 is 1.81 bits per heavy atom. The number of para-hydroxylation sites is 1. The minimum absolute atomic E-state index is 0.0500. The monoisotopic (exact) mass is 349 g/mol. The second-order valence-corrected chi connectivity index (χ2v) is 7.24. The molecule has 1 saturated heterocycles. The van der Waals surface area contributed by atoms with Crippen LogP contribution in [0.2, 0.25) is 0 Å². The molecule has 1 fully saturated rings. The number of nitrogens with zero attached hydrogens (tertiary/aromatic N) is 2. The average Bonchev–Trinajstić information content (AvgIpc) is 3.14. The number of amides is 3. The molecule has 0 unspecified atom stereocenters. The maximum Gasteiger partial charge on any atom is 0.322 e. The number of carbonyl (C=O) groups excluding carboxylic acids is 2. The summed E-state index contributed by atoms with van der Waals surface area (Å²) in [6.07, 6.45) is 1.20. The molecule has 4 rings (SSSR count). The second-order valence-electron chi connectivity index (χ2n) is 7.24. The third-order valence-corrected chi connectivity index (χ3v) is 5.22. The van der Waals surface area contributed by atoms with E-state index in [0.29, 0.717) is 13.0 Å². The largest absolute Gasteiger partial charge is 0.333 e. The zero-order chi connectivity index (χ0) is 18.3. The molecule has 5 heteroatoms. The van der Waals surface area contributed by atoms with E-state index >= 15 is 0 Å². The van der Waals surface area contributed by atoms with E-state index in [2.05, 4.69) is 18.3 Å². The summed E-state index contributed by atoms with van der Waals surface area (Å²) in [6.45, 7) is 4.59. The number of anilines is 2. The molecule has 1 N–H and O–H groups in total. The summed E-state index contributed by atoms with van der Waals surface area (Å²) >= 11 is 0. The number of rotatable bonds is 2. The number of benzene rings is 2. The van der Waals surface area contributed by atoms with Gasteiger partial charge in [0, 0.05) is 30.4 Å². The van der Waals surface area contributed by atoms with Gasteiger partial charge in [-0.25, -0.2) is 4.79 Å². The lowest BCUT2D eigenvalue weighted by Gasteiger charge is -2.25. The van der Waals surface area contributed by atoms with Crippen molar-refractivity contribution in [3.05, 3.63) is 59.7 Å². The zero-order valence-corrected chi connectivity index (χ0v) is 15.1. The van der Waals surface area contributed by atoms with Gasteiger partial charge < -0.3 is 10.2 Å². The van der Waals surface area contributed by atoms with Crippen LogP contribution in [0.1, 0.15) is 24.5 Å². The zero-order valence-electron chi connectivity index (χ0n) is 15.1. The number of aryl methyl sites for hydroxylation is 1. The smallest absolute Gasteiger partial charge is 0.322 e. The lowest BCUT2D eigenvalue weighted by molar-refractivity contribution is -0.117. The Labute approximate surface area is 153 Å². The van der Waals surface area contributed by atoms with Crippen LogP contribution in [0.5, 0.6) is 0 Å². The molecule has 134 valence electrons. The Kier molecular flexibility index (Phi) is 4.15. The van der Waals surface area contributed by atoms with Crippen molar-refractivity contribution in [1.82, 2.24) is 5.32 Å². The van der Waals surface area contributed by atoms with E-state index in [1.807, 2.05) is 54.3 Å². The summed E-state index contributed by atoms with van der Waals surface area (Å²) in [5.41, 5.74) is 4.21. The quantitative estimate of drug-likeness (QED) is 0.905. The molecule has 2 aliphatic heterocycles. The van der Waals surface area contributed by atoms with Crippen molar-refractivity contribution in [3.8, 4) is 0 Å². The van der Waals surface area contributed by atoms with Gasteiger partial charge in [0.2, 0.25) is 5.91 Å². The lowest BCUT2D eigenvalue weighted by Crippen LogP contribution is -2.48. The number of fused-ring (bicyclic) bond motifs is 1. The lowest BCUT2D eigenvalue weighted by atomic mass is 10.1. The minimum Gasteiger partial charge on any atom is -0.333 e. The van der Waals surface area contributed by atoms with Gasteiger partial charge in [0.25, 0.3) is 0 Å². The third-order valence-electron chi connectivity index (χ3n) is 5.22. The summed E-state index contributed by atoms with van der Waals surface area (Å²) in [5.74, 6) is 0.0500. The normalized spacial score (nSPS) is 21.8. The van der Waals surface area contributed by atoms with Crippen LogP contribution in [0, 0.1) is 6.92 Å². The minimum atomic E-state index is -0.170. The van der Waals surface area contributed by atoms with E-state index in [9.17, 15) is 9.59 Å². The summed E-state index contributed by atoms with van der Waals surface area (Å²) in [6, 6.07) is 15.7. The van der Waals surface area contributed by atoms with Gasteiger partial charge in [-0.15, -0.1) is 0 Å². The predicted molar refractivity (Wildman–Crippen MR) is 103 cm³/mol. The first-order chi connectivity index (χ1) is 12.5. The van der Waals surface area contributed by atoms with Crippen LogP contribution >= 0.6 is 0 Å². The van der Waals surface area contributed by atoms with Crippen molar-refractivity contribution in [2.75, 3.05) is 16.3 Å². The first-order valence-corrected chi connectivity index (χ1v) is 9.07. The van der Waals surface area contributed by atoms with Gasteiger partial charge in [0.05, 0.1) is 6.04 Å². The highest BCUT2D eigenvalue weighted by atomic mass is 16.2. The van der Waals surface area contributed by atoms with Gasteiger partial charge in [0.15, 0.2) is 0 Å². The van der Waals surface area contributed by atoms with Crippen LogP contribution in [-0.2, 0) is 11.2 Å². The van der Waals surface area contributed by atoms with Crippen LogP contribution in [0.25, 0.3) is 0 Å². The molecule has 0 aromatic heterocycles. The standard InChI is InChI=1S/C21H23N3O2/c1-14-7-9-18(10-8-14)23-13-17(12-20(23)25)22-21(26)24-15(2)11-16-5-3-4-6-19(16)24/h3-10,15,17H,11-13H2,1-2H3,(H,22,26)/t15-,17-/m1/s1. The van der Waals surface area contributed by atoms with Crippen LogP contribution < -0.4 is 15.1 Å². The van der Waals surface area contributed by atoms with Gasteiger partial charge in [-0.1, -0.05) is 35.9 Å². The maximum atomic E-state index is 12.9. The van der Waals surface area contributed by atoms with Gasteiger partial charge >= 0.3 is 6.03 Å². The first kappa shape index (κ1) is 16.6. The average molecular weight is 349 g/mol.